The number of amides is 1. The molecule has 0 radical (unpaired) electrons. The van der Waals surface area contributed by atoms with Crippen LogP contribution in [0.1, 0.15) is 61.3 Å². The summed E-state index contributed by atoms with van der Waals surface area (Å²) in [5, 5.41) is 10.7. The molecule has 4 rings (SSSR count). The maximum atomic E-state index is 12.9. The maximum Gasteiger partial charge on any atom is 0.227 e. The van der Waals surface area contributed by atoms with Crippen molar-refractivity contribution in [3.8, 4) is 5.75 Å². The summed E-state index contributed by atoms with van der Waals surface area (Å²) in [4.78, 5) is 14.8. The summed E-state index contributed by atoms with van der Waals surface area (Å²) in [6.07, 6.45) is 8.29. The zero-order valence-electron chi connectivity index (χ0n) is 17.6. The Morgan fingerprint density at radius 1 is 1.13 bits per heavy atom. The fourth-order valence-electron chi connectivity index (χ4n) is 4.32. The van der Waals surface area contributed by atoms with Gasteiger partial charge in [-0.05, 0) is 61.8 Å². The van der Waals surface area contributed by atoms with Crippen LogP contribution in [-0.2, 0) is 17.8 Å². The van der Waals surface area contributed by atoms with Gasteiger partial charge in [-0.1, -0.05) is 48.0 Å². The van der Waals surface area contributed by atoms with E-state index < -0.39 is 6.10 Å². The number of ether oxygens (including phenoxy) is 1. The Balaban J connectivity index is 1.41. The van der Waals surface area contributed by atoms with E-state index in [4.69, 9.17) is 4.74 Å². The van der Waals surface area contributed by atoms with Crippen LogP contribution in [0, 0.1) is 0 Å². The first-order chi connectivity index (χ1) is 14.7. The van der Waals surface area contributed by atoms with Gasteiger partial charge in [-0.15, -0.1) is 0 Å². The lowest BCUT2D eigenvalue weighted by molar-refractivity contribution is -0.131. The van der Waals surface area contributed by atoms with E-state index in [1.807, 2.05) is 41.3 Å². The number of allylic oxidation sites excluding steroid dienone is 1. The van der Waals surface area contributed by atoms with Gasteiger partial charge in [-0.3, -0.25) is 4.79 Å². The number of nitrogens with zero attached hydrogens (tertiary/aromatic N) is 1. The van der Waals surface area contributed by atoms with E-state index in [1.165, 1.54) is 24.0 Å². The third-order valence-corrected chi connectivity index (χ3v) is 6.11. The van der Waals surface area contributed by atoms with Gasteiger partial charge in [0.2, 0.25) is 5.91 Å². The number of hydrogen-bond donors (Lipinski definition) is 1. The molecular weight excluding hydrogens is 374 g/mol. The molecule has 1 atom stereocenters. The number of hydrogen-bond acceptors (Lipinski definition) is 3. The smallest absolute Gasteiger partial charge is 0.227 e. The summed E-state index contributed by atoms with van der Waals surface area (Å²) in [6, 6.07) is 16.1. The minimum atomic E-state index is -0.532. The summed E-state index contributed by atoms with van der Waals surface area (Å²) in [6.45, 7) is 1.65. The molecule has 1 heterocycles. The maximum absolute atomic E-state index is 12.9. The van der Waals surface area contributed by atoms with Crippen molar-refractivity contribution in [2.45, 2.75) is 57.6 Å². The Hall–Kier alpha value is -2.59. The van der Waals surface area contributed by atoms with Crippen LogP contribution >= 0.6 is 0 Å². The molecule has 0 unspecified atom stereocenters. The predicted octanol–water partition coefficient (Wildman–Crippen LogP) is 4.96. The highest BCUT2D eigenvalue weighted by atomic mass is 16.5. The number of benzene rings is 2. The van der Waals surface area contributed by atoms with E-state index in [0.717, 1.165) is 36.1 Å². The first-order valence-corrected chi connectivity index (χ1v) is 11.1. The third-order valence-electron chi connectivity index (χ3n) is 6.11. The zero-order valence-corrected chi connectivity index (χ0v) is 17.6. The molecule has 2 aromatic carbocycles. The number of aryl methyl sites for hydroxylation is 1. The van der Waals surface area contributed by atoms with E-state index >= 15 is 0 Å². The van der Waals surface area contributed by atoms with Crippen molar-refractivity contribution in [3.63, 3.8) is 0 Å². The van der Waals surface area contributed by atoms with Crippen molar-refractivity contribution in [3.05, 3.63) is 76.9 Å². The molecule has 0 aromatic heterocycles. The lowest BCUT2D eigenvalue weighted by atomic mass is 9.96. The van der Waals surface area contributed by atoms with Crippen LogP contribution in [0.15, 0.2) is 60.2 Å². The topological polar surface area (TPSA) is 49.8 Å². The number of fused-ring (bicyclic) bond motifs is 1. The molecule has 0 saturated heterocycles. The second kappa shape index (κ2) is 9.94. The molecule has 0 spiro atoms. The molecule has 0 bridgehead atoms. The van der Waals surface area contributed by atoms with Crippen LogP contribution in [0.4, 0.5) is 0 Å². The van der Waals surface area contributed by atoms with Gasteiger partial charge in [0.1, 0.15) is 12.4 Å². The fourth-order valence-corrected chi connectivity index (χ4v) is 4.32. The van der Waals surface area contributed by atoms with Gasteiger partial charge in [0.15, 0.2) is 0 Å². The molecule has 158 valence electrons. The molecule has 2 aromatic rings. The molecule has 1 aliphatic carbocycles. The average Bonchev–Trinajstić information content (AvgIpc) is 3.01. The van der Waals surface area contributed by atoms with Crippen molar-refractivity contribution >= 4 is 5.91 Å². The van der Waals surface area contributed by atoms with Gasteiger partial charge < -0.3 is 14.7 Å². The SMILES string of the molecule is O=C(CC1=CCCCC1)N1CCOc2ccc([C@@H](O)CCc3ccccc3)cc2C1. The van der Waals surface area contributed by atoms with Gasteiger partial charge in [-0.25, -0.2) is 0 Å². The molecule has 2 aliphatic rings. The minimum absolute atomic E-state index is 0.176. The monoisotopic (exact) mass is 405 g/mol. The molecule has 0 saturated carbocycles. The highest BCUT2D eigenvalue weighted by molar-refractivity contribution is 5.79. The highest BCUT2D eigenvalue weighted by Crippen LogP contribution is 2.29. The highest BCUT2D eigenvalue weighted by Gasteiger charge is 2.22. The Labute approximate surface area is 179 Å². The van der Waals surface area contributed by atoms with Gasteiger partial charge in [0.05, 0.1) is 12.6 Å². The van der Waals surface area contributed by atoms with Gasteiger partial charge >= 0.3 is 0 Å². The lowest BCUT2D eigenvalue weighted by Crippen LogP contribution is -2.32. The molecule has 30 heavy (non-hydrogen) atoms. The number of aliphatic hydroxyl groups is 1. The molecule has 1 aliphatic heterocycles. The Bertz CT molecular complexity index is 890. The summed E-state index contributed by atoms with van der Waals surface area (Å²) in [5.74, 6) is 0.996. The quantitative estimate of drug-likeness (QED) is 0.691. The van der Waals surface area contributed by atoms with Gasteiger partial charge in [0, 0.05) is 18.5 Å². The number of carbonyl (C=O) groups excluding carboxylic acids is 1. The van der Waals surface area contributed by atoms with E-state index in [9.17, 15) is 9.90 Å². The molecule has 4 heteroatoms. The van der Waals surface area contributed by atoms with Crippen LogP contribution in [0.3, 0.4) is 0 Å². The third kappa shape index (κ3) is 5.31. The lowest BCUT2D eigenvalue weighted by Gasteiger charge is -2.22. The van der Waals surface area contributed by atoms with E-state index in [-0.39, 0.29) is 5.91 Å². The Morgan fingerprint density at radius 3 is 2.80 bits per heavy atom. The van der Waals surface area contributed by atoms with E-state index in [0.29, 0.717) is 32.5 Å². The van der Waals surface area contributed by atoms with Gasteiger partial charge in [-0.2, -0.15) is 0 Å². The van der Waals surface area contributed by atoms with Crippen LogP contribution in [0.2, 0.25) is 0 Å². The molecule has 0 fully saturated rings. The van der Waals surface area contributed by atoms with Crippen molar-refractivity contribution in [2.24, 2.45) is 0 Å². The summed E-state index contributed by atoms with van der Waals surface area (Å²) < 4.78 is 5.89. The predicted molar refractivity (Wildman–Crippen MR) is 118 cm³/mol. The molecule has 1 N–H and O–H groups in total. The second-order valence-electron chi connectivity index (χ2n) is 8.36. The Kier molecular flexibility index (Phi) is 6.85. The molecular formula is C26H31NO3. The van der Waals surface area contributed by atoms with E-state index in [1.54, 1.807) is 0 Å². The average molecular weight is 406 g/mol. The number of carbonyl (C=O) groups is 1. The molecule has 4 nitrogen and oxygen atoms in total. The number of rotatable bonds is 6. The standard InChI is InChI=1S/C26H31NO3/c28-24(13-11-20-7-3-1-4-8-20)22-12-14-25-23(18-22)19-27(15-16-30-25)26(29)17-21-9-5-2-6-10-21/h1,3-4,7-9,12,14,18,24,28H,2,5-6,10-11,13,15-17,19H2/t24-/m0/s1. The zero-order chi connectivity index (χ0) is 20.8. The van der Waals surface area contributed by atoms with Crippen molar-refractivity contribution in [2.75, 3.05) is 13.2 Å². The minimum Gasteiger partial charge on any atom is -0.491 e. The fraction of sp³-hybridized carbons (Fsp3) is 0.423. The summed E-state index contributed by atoms with van der Waals surface area (Å²) in [5.41, 5.74) is 4.37. The summed E-state index contributed by atoms with van der Waals surface area (Å²) in [7, 11) is 0. The van der Waals surface area contributed by atoms with Crippen LogP contribution in [-0.4, -0.2) is 29.1 Å². The first-order valence-electron chi connectivity index (χ1n) is 11.1. The van der Waals surface area contributed by atoms with Gasteiger partial charge in [0.25, 0.3) is 0 Å². The number of aliphatic hydroxyl groups excluding tert-OH is 1. The largest absolute Gasteiger partial charge is 0.491 e. The van der Waals surface area contributed by atoms with Crippen molar-refractivity contribution in [1.82, 2.24) is 4.90 Å². The van der Waals surface area contributed by atoms with Crippen molar-refractivity contribution in [1.29, 1.82) is 0 Å². The molecule has 1 amide bonds. The second-order valence-corrected chi connectivity index (χ2v) is 8.36. The summed E-state index contributed by atoms with van der Waals surface area (Å²) >= 11 is 0. The van der Waals surface area contributed by atoms with Crippen molar-refractivity contribution < 1.29 is 14.6 Å². The van der Waals surface area contributed by atoms with E-state index in [2.05, 4.69) is 18.2 Å². The normalized spacial score (nSPS) is 17.4. The van der Waals surface area contributed by atoms with Crippen LogP contribution in [0.25, 0.3) is 0 Å². The van der Waals surface area contributed by atoms with Crippen LogP contribution in [0.5, 0.6) is 5.75 Å². The first kappa shape index (κ1) is 20.7. The van der Waals surface area contributed by atoms with Crippen LogP contribution < -0.4 is 4.74 Å². The Morgan fingerprint density at radius 2 is 2.00 bits per heavy atom.